The fourth-order valence-corrected chi connectivity index (χ4v) is 5.44. The smallest absolute Gasteiger partial charge is 0.871 e. The fraction of sp³-hybridized carbons (Fsp3) is 0.455. The van der Waals surface area contributed by atoms with E-state index in [4.69, 9.17) is 0 Å². The number of aromatic nitrogens is 6. The zero-order valence-electron chi connectivity index (χ0n) is 35.8. The molecule has 6 aromatic rings. The zero-order chi connectivity index (χ0) is 40.8. The van der Waals surface area contributed by atoms with Crippen molar-refractivity contribution in [3.8, 4) is 22.9 Å². The summed E-state index contributed by atoms with van der Waals surface area (Å²) in [5.74, 6) is -0.00777. The molecule has 0 aliphatic heterocycles. The summed E-state index contributed by atoms with van der Waals surface area (Å²) in [5.41, 5.74) is 7.41. The Balaban J connectivity index is 0.000000327. The van der Waals surface area contributed by atoms with E-state index < -0.39 is 0 Å². The van der Waals surface area contributed by atoms with Gasteiger partial charge in [0.05, 0.1) is 11.4 Å². The standard InChI is InChI=1S/2C20H25N3O.2C2H6N.Zr/c2*1-19(2,3)13-11-14(20(4,5)6)18(24)17(12-13)23-21-15-9-7-8-10-16(15)22-23;2*1-3-2;/h2*7-12,24H,1-6H3;2*1-2H3;/q;;2*-1;+4/p-2. The van der Waals surface area contributed by atoms with Crippen molar-refractivity contribution in [2.45, 2.75) is 105 Å². The van der Waals surface area contributed by atoms with Crippen LogP contribution in [0.2, 0.25) is 0 Å². The summed E-state index contributed by atoms with van der Waals surface area (Å²) in [6.07, 6.45) is 0. The Morgan fingerprint density at radius 3 is 0.873 bits per heavy atom. The minimum atomic E-state index is -0.236. The van der Waals surface area contributed by atoms with Gasteiger partial charge in [-0.15, -0.1) is 20.4 Å². The van der Waals surface area contributed by atoms with E-state index in [1.165, 1.54) is 9.59 Å². The van der Waals surface area contributed by atoms with E-state index in [1.54, 1.807) is 28.2 Å². The normalized spacial score (nSPS) is 11.8. The molecular weight excluding hydrogens is 764 g/mol. The molecular formula is C44H60N8O2Zr. The average molecular weight is 824 g/mol. The molecule has 0 saturated carbocycles. The summed E-state index contributed by atoms with van der Waals surface area (Å²) in [7, 11) is 7.00. The van der Waals surface area contributed by atoms with Crippen LogP contribution in [-0.2, 0) is 47.9 Å². The maximum atomic E-state index is 13.1. The predicted octanol–water partition coefficient (Wildman–Crippen LogP) is 9.42. The Morgan fingerprint density at radius 2 is 0.673 bits per heavy atom. The molecule has 11 heteroatoms. The van der Waals surface area contributed by atoms with Crippen LogP contribution < -0.4 is 10.2 Å². The van der Waals surface area contributed by atoms with Gasteiger partial charge in [-0.25, -0.2) is 0 Å². The van der Waals surface area contributed by atoms with Gasteiger partial charge in [0.2, 0.25) is 0 Å². The van der Waals surface area contributed by atoms with Gasteiger partial charge in [-0.05, 0) is 80.3 Å². The summed E-state index contributed by atoms with van der Waals surface area (Å²) in [6.45, 7) is 25.3. The Morgan fingerprint density at radius 1 is 0.436 bits per heavy atom. The molecule has 0 unspecified atom stereocenters. The van der Waals surface area contributed by atoms with Gasteiger partial charge >= 0.3 is 26.2 Å². The minimum Gasteiger partial charge on any atom is -0.871 e. The van der Waals surface area contributed by atoms with Crippen LogP contribution in [-0.4, -0.2) is 58.2 Å². The molecule has 0 atom stereocenters. The molecule has 292 valence electrons. The van der Waals surface area contributed by atoms with Crippen LogP contribution in [0.3, 0.4) is 0 Å². The maximum Gasteiger partial charge on any atom is 4.00 e. The third-order valence-corrected chi connectivity index (χ3v) is 8.49. The van der Waals surface area contributed by atoms with E-state index >= 15 is 0 Å². The summed E-state index contributed by atoms with van der Waals surface area (Å²) < 4.78 is 0. The van der Waals surface area contributed by atoms with E-state index in [0.29, 0.717) is 11.4 Å². The number of hydrogen-bond acceptors (Lipinski definition) is 6. The summed E-state index contributed by atoms with van der Waals surface area (Å²) in [5, 5.41) is 51.1. The molecule has 0 saturated heterocycles. The SMILES string of the molecule is CC(C)(C)c1cc(-n2nc3ccccc3n2)c([O-])c(C(C)(C)C)c1.CC(C)(C)c1cc(-n2nc3ccccc3n2)c([O-])c(C(C)(C)C)c1.C[N-]C.C[N-]C.[Zr+4]. The van der Waals surface area contributed by atoms with Gasteiger partial charge in [0, 0.05) is 0 Å². The van der Waals surface area contributed by atoms with E-state index in [2.05, 4.69) is 114 Å². The first kappa shape index (κ1) is 47.2. The zero-order valence-corrected chi connectivity index (χ0v) is 38.3. The maximum absolute atomic E-state index is 13.1. The van der Waals surface area contributed by atoms with E-state index in [1.807, 2.05) is 72.8 Å². The summed E-state index contributed by atoms with van der Waals surface area (Å²) in [6, 6.07) is 23.2. The van der Waals surface area contributed by atoms with Crippen molar-refractivity contribution < 1.29 is 36.4 Å². The monoisotopic (exact) mass is 822 g/mol. The molecule has 0 N–H and O–H groups in total. The van der Waals surface area contributed by atoms with E-state index in [0.717, 1.165) is 44.3 Å². The third-order valence-electron chi connectivity index (χ3n) is 8.49. The van der Waals surface area contributed by atoms with Gasteiger partial charge in [-0.3, -0.25) is 0 Å². The van der Waals surface area contributed by atoms with Crippen LogP contribution in [0.15, 0.2) is 72.8 Å². The third kappa shape index (κ3) is 12.0. The van der Waals surface area contributed by atoms with Gasteiger partial charge in [0.15, 0.2) is 0 Å². The Kier molecular flexibility index (Phi) is 16.2. The van der Waals surface area contributed by atoms with Gasteiger partial charge in [-0.1, -0.05) is 131 Å². The largest absolute Gasteiger partial charge is 4.00 e. The average Bonchev–Trinajstić information content (AvgIpc) is 3.68. The first-order valence-corrected chi connectivity index (χ1v) is 18.3. The number of fused-ring (bicyclic) bond motifs is 2. The molecule has 2 heterocycles. The predicted molar refractivity (Wildman–Crippen MR) is 222 cm³/mol. The van der Waals surface area contributed by atoms with Crippen LogP contribution in [0.5, 0.6) is 11.5 Å². The minimum absolute atomic E-state index is 0. The molecule has 6 rings (SSSR count). The molecule has 0 aliphatic rings. The van der Waals surface area contributed by atoms with Crippen molar-refractivity contribution in [2.75, 3.05) is 28.2 Å². The first-order valence-electron chi connectivity index (χ1n) is 18.3. The topological polar surface area (TPSA) is 136 Å². The number of hydrogen-bond donors (Lipinski definition) is 0. The molecule has 0 spiro atoms. The van der Waals surface area contributed by atoms with Crippen molar-refractivity contribution in [1.82, 2.24) is 30.0 Å². The van der Waals surface area contributed by atoms with Crippen molar-refractivity contribution in [1.29, 1.82) is 0 Å². The molecule has 0 fully saturated rings. The molecule has 55 heavy (non-hydrogen) atoms. The number of rotatable bonds is 2. The van der Waals surface area contributed by atoms with Crippen molar-refractivity contribution in [2.24, 2.45) is 0 Å². The van der Waals surface area contributed by atoms with Gasteiger partial charge in [-0.2, -0.15) is 37.8 Å². The molecule has 0 bridgehead atoms. The second-order valence-electron chi connectivity index (χ2n) is 17.6. The molecule has 0 radical (unpaired) electrons. The fourth-order valence-electron chi connectivity index (χ4n) is 5.44. The first-order chi connectivity index (χ1) is 25.0. The Hall–Kier alpha value is -3.92. The number of nitrogens with zero attached hydrogens (tertiary/aromatic N) is 8. The molecule has 10 nitrogen and oxygen atoms in total. The van der Waals surface area contributed by atoms with Crippen molar-refractivity contribution >= 4 is 22.1 Å². The Bertz CT molecular complexity index is 1920. The van der Waals surface area contributed by atoms with Gasteiger partial charge in [0.1, 0.15) is 22.1 Å². The molecule has 0 aliphatic carbocycles. The van der Waals surface area contributed by atoms with Crippen LogP contribution in [0, 0.1) is 0 Å². The Labute approximate surface area is 348 Å². The molecule has 0 amide bonds. The molecule has 4 aromatic carbocycles. The van der Waals surface area contributed by atoms with Crippen molar-refractivity contribution in [3.05, 3.63) is 106 Å². The van der Waals surface area contributed by atoms with Crippen LogP contribution in [0.1, 0.15) is 105 Å². The van der Waals surface area contributed by atoms with Crippen LogP contribution in [0.4, 0.5) is 0 Å². The second kappa shape index (κ2) is 18.8. The van der Waals surface area contributed by atoms with Crippen molar-refractivity contribution in [3.63, 3.8) is 0 Å². The van der Waals surface area contributed by atoms with E-state index in [-0.39, 0.29) is 59.4 Å². The second-order valence-corrected chi connectivity index (χ2v) is 17.6. The summed E-state index contributed by atoms with van der Waals surface area (Å²) in [4.78, 5) is 2.97. The van der Waals surface area contributed by atoms with Crippen LogP contribution >= 0.6 is 0 Å². The quantitative estimate of drug-likeness (QED) is 0.171. The van der Waals surface area contributed by atoms with Gasteiger partial charge < -0.3 is 20.8 Å². The molecule has 2 aromatic heterocycles. The van der Waals surface area contributed by atoms with Gasteiger partial charge in [0.25, 0.3) is 0 Å². The van der Waals surface area contributed by atoms with E-state index in [9.17, 15) is 10.2 Å². The van der Waals surface area contributed by atoms with Crippen LogP contribution in [0.25, 0.3) is 44.1 Å². The number of benzene rings is 4. The summed E-state index contributed by atoms with van der Waals surface area (Å²) >= 11 is 0.